The number of anilines is 2. The highest BCUT2D eigenvalue weighted by Crippen LogP contribution is 2.28. The maximum Gasteiger partial charge on any atom is 0.224 e. The molecule has 0 unspecified atom stereocenters. The molecule has 0 fully saturated rings. The summed E-state index contributed by atoms with van der Waals surface area (Å²) in [5, 5.41) is 14.3. The van der Waals surface area contributed by atoms with Crippen molar-refractivity contribution < 1.29 is 4.39 Å². The summed E-state index contributed by atoms with van der Waals surface area (Å²) in [5.41, 5.74) is 2.63. The van der Waals surface area contributed by atoms with E-state index in [9.17, 15) is 4.39 Å². The molecule has 0 bridgehead atoms. The van der Waals surface area contributed by atoms with Crippen molar-refractivity contribution in [2.75, 3.05) is 11.9 Å². The Balaban J connectivity index is 1.79. The summed E-state index contributed by atoms with van der Waals surface area (Å²) in [6.07, 6.45) is 0.794. The van der Waals surface area contributed by atoms with Crippen LogP contribution in [0, 0.1) is 5.82 Å². The number of fused-ring (bicyclic) bond motifs is 2. The Kier molecular flexibility index (Phi) is 3.16. The highest BCUT2D eigenvalue weighted by Gasteiger charge is 2.18. The Morgan fingerprint density at radius 2 is 2.14 bits per heavy atom. The largest absolute Gasteiger partial charge is 0.323 e. The summed E-state index contributed by atoms with van der Waals surface area (Å²) in [4.78, 5) is 8.51. The summed E-state index contributed by atoms with van der Waals surface area (Å²) < 4.78 is 13.4. The smallest absolute Gasteiger partial charge is 0.224 e. The first-order valence-electron chi connectivity index (χ1n) is 6.87. The Labute approximate surface area is 130 Å². The number of hydrogen-bond acceptors (Lipinski definition) is 5. The number of hydrogen-bond donors (Lipinski definition) is 3. The summed E-state index contributed by atoms with van der Waals surface area (Å²) in [6.45, 7) is 1.52. The Hall–Kier alpha value is -2.25. The number of H-pyrrole nitrogens is 1. The number of halogens is 2. The monoisotopic (exact) mass is 318 g/mol. The van der Waals surface area contributed by atoms with Gasteiger partial charge in [0.25, 0.3) is 0 Å². The molecule has 1 aliphatic heterocycles. The number of aromatic nitrogens is 4. The van der Waals surface area contributed by atoms with Gasteiger partial charge in [-0.25, -0.2) is 14.4 Å². The van der Waals surface area contributed by atoms with Gasteiger partial charge in [0.05, 0.1) is 11.2 Å². The third-order valence-corrected chi connectivity index (χ3v) is 3.84. The van der Waals surface area contributed by atoms with E-state index in [1.54, 1.807) is 6.07 Å². The van der Waals surface area contributed by atoms with Crippen molar-refractivity contribution in [1.29, 1.82) is 0 Å². The normalized spacial score (nSPS) is 14.1. The van der Waals surface area contributed by atoms with Crippen LogP contribution in [0.1, 0.15) is 11.3 Å². The second-order valence-corrected chi connectivity index (χ2v) is 5.42. The summed E-state index contributed by atoms with van der Waals surface area (Å²) in [5.74, 6) is 0.790. The lowest BCUT2D eigenvalue weighted by Crippen LogP contribution is -2.26. The van der Waals surface area contributed by atoms with Crippen LogP contribution in [0.4, 0.5) is 16.0 Å². The van der Waals surface area contributed by atoms with Crippen LogP contribution in [0.15, 0.2) is 18.2 Å². The Bertz CT molecular complexity index is 862. The highest BCUT2D eigenvalue weighted by atomic mass is 35.5. The number of nitrogens with zero attached hydrogens (tertiary/aromatic N) is 3. The van der Waals surface area contributed by atoms with Crippen molar-refractivity contribution in [2.45, 2.75) is 13.0 Å². The SMILES string of the molecule is Fc1ccc2[nH]nc(Nc3nc(Cl)nc4c3CNCC4)c2c1. The molecule has 0 spiro atoms. The zero-order valence-corrected chi connectivity index (χ0v) is 12.2. The van der Waals surface area contributed by atoms with Gasteiger partial charge in [0.15, 0.2) is 5.82 Å². The molecule has 3 aromatic rings. The minimum atomic E-state index is -0.318. The molecule has 0 atom stereocenters. The van der Waals surface area contributed by atoms with Gasteiger partial charge in [-0.2, -0.15) is 5.10 Å². The summed E-state index contributed by atoms with van der Waals surface area (Å²) in [7, 11) is 0. The fraction of sp³-hybridized carbons (Fsp3) is 0.214. The van der Waals surface area contributed by atoms with Crippen LogP contribution in [0.5, 0.6) is 0 Å². The molecule has 3 heterocycles. The molecule has 0 amide bonds. The lowest BCUT2D eigenvalue weighted by Gasteiger charge is -2.19. The van der Waals surface area contributed by atoms with Crippen molar-refractivity contribution in [2.24, 2.45) is 0 Å². The van der Waals surface area contributed by atoms with Crippen LogP contribution in [0.2, 0.25) is 5.28 Å². The van der Waals surface area contributed by atoms with Crippen LogP contribution in [-0.4, -0.2) is 26.7 Å². The van der Waals surface area contributed by atoms with E-state index >= 15 is 0 Å². The average molecular weight is 319 g/mol. The molecule has 0 aliphatic carbocycles. The van der Waals surface area contributed by atoms with Crippen molar-refractivity contribution >= 4 is 34.1 Å². The molecule has 1 aromatic carbocycles. The zero-order valence-electron chi connectivity index (χ0n) is 11.5. The maximum atomic E-state index is 13.4. The predicted octanol–water partition coefficient (Wildman–Crippen LogP) is 2.53. The van der Waals surface area contributed by atoms with Crippen molar-refractivity contribution in [3.8, 4) is 0 Å². The van der Waals surface area contributed by atoms with Gasteiger partial charge in [-0.3, -0.25) is 5.10 Å². The van der Waals surface area contributed by atoms with E-state index in [2.05, 4.69) is 30.8 Å². The van der Waals surface area contributed by atoms with E-state index in [0.29, 0.717) is 23.6 Å². The second-order valence-electron chi connectivity index (χ2n) is 5.08. The van der Waals surface area contributed by atoms with Crippen LogP contribution in [-0.2, 0) is 13.0 Å². The van der Waals surface area contributed by atoms with Gasteiger partial charge in [0, 0.05) is 30.5 Å². The lowest BCUT2D eigenvalue weighted by atomic mass is 10.1. The first-order valence-corrected chi connectivity index (χ1v) is 7.25. The fourth-order valence-electron chi connectivity index (χ4n) is 2.61. The quantitative estimate of drug-likeness (QED) is 0.633. The zero-order chi connectivity index (χ0) is 15.1. The average Bonchev–Trinajstić information content (AvgIpc) is 2.89. The molecule has 0 saturated heterocycles. The molecule has 8 heteroatoms. The molecular weight excluding hydrogens is 307 g/mol. The molecule has 3 N–H and O–H groups in total. The fourth-order valence-corrected chi connectivity index (χ4v) is 2.80. The predicted molar refractivity (Wildman–Crippen MR) is 81.8 cm³/mol. The van der Waals surface area contributed by atoms with Crippen LogP contribution in [0.3, 0.4) is 0 Å². The molecule has 1 aliphatic rings. The molecule has 0 saturated carbocycles. The first kappa shape index (κ1) is 13.4. The topological polar surface area (TPSA) is 78.5 Å². The lowest BCUT2D eigenvalue weighted by molar-refractivity contribution is 0.627. The molecule has 2 aromatic heterocycles. The number of rotatable bonds is 2. The van der Waals surface area contributed by atoms with E-state index in [1.165, 1.54) is 12.1 Å². The number of aromatic amines is 1. The van der Waals surface area contributed by atoms with Gasteiger partial charge in [0.1, 0.15) is 11.6 Å². The van der Waals surface area contributed by atoms with Crippen molar-refractivity contribution in [3.05, 3.63) is 40.6 Å². The van der Waals surface area contributed by atoms with E-state index in [1.807, 2.05) is 0 Å². The molecule has 22 heavy (non-hydrogen) atoms. The van der Waals surface area contributed by atoms with Crippen LogP contribution in [0.25, 0.3) is 10.9 Å². The molecule has 0 radical (unpaired) electrons. The Morgan fingerprint density at radius 1 is 1.23 bits per heavy atom. The summed E-state index contributed by atoms with van der Waals surface area (Å²) >= 11 is 5.99. The second kappa shape index (κ2) is 5.19. The van der Waals surface area contributed by atoms with E-state index < -0.39 is 0 Å². The third kappa shape index (κ3) is 2.28. The standard InChI is InChI=1S/C14H12ClFN6/c15-14-18-10-3-4-17-6-9(10)12(20-14)19-13-8-5-7(16)1-2-11(8)21-22-13/h1-2,5,17H,3-4,6H2,(H2,18,19,20,21,22). The van der Waals surface area contributed by atoms with Crippen LogP contribution >= 0.6 is 11.6 Å². The molecule has 4 rings (SSSR count). The first-order chi connectivity index (χ1) is 10.7. The molecule has 112 valence electrons. The van der Waals surface area contributed by atoms with Gasteiger partial charge in [0.2, 0.25) is 5.28 Å². The van der Waals surface area contributed by atoms with Crippen molar-refractivity contribution in [3.63, 3.8) is 0 Å². The number of nitrogens with one attached hydrogen (secondary N) is 3. The molecular formula is C14H12ClFN6. The van der Waals surface area contributed by atoms with Gasteiger partial charge < -0.3 is 10.6 Å². The van der Waals surface area contributed by atoms with Gasteiger partial charge in [-0.05, 0) is 29.8 Å². The van der Waals surface area contributed by atoms with E-state index in [-0.39, 0.29) is 11.1 Å². The summed E-state index contributed by atoms with van der Waals surface area (Å²) in [6, 6.07) is 4.46. The minimum Gasteiger partial charge on any atom is -0.323 e. The van der Waals surface area contributed by atoms with Gasteiger partial charge >= 0.3 is 0 Å². The van der Waals surface area contributed by atoms with Crippen LogP contribution < -0.4 is 10.6 Å². The third-order valence-electron chi connectivity index (χ3n) is 3.67. The van der Waals surface area contributed by atoms with E-state index in [0.717, 1.165) is 29.7 Å². The maximum absolute atomic E-state index is 13.4. The van der Waals surface area contributed by atoms with Gasteiger partial charge in [-0.1, -0.05) is 0 Å². The van der Waals surface area contributed by atoms with Gasteiger partial charge in [-0.15, -0.1) is 0 Å². The Morgan fingerprint density at radius 3 is 3.05 bits per heavy atom. The highest BCUT2D eigenvalue weighted by molar-refractivity contribution is 6.28. The minimum absolute atomic E-state index is 0.189. The van der Waals surface area contributed by atoms with Crippen molar-refractivity contribution in [1.82, 2.24) is 25.5 Å². The van der Waals surface area contributed by atoms with E-state index in [4.69, 9.17) is 11.6 Å². The number of benzene rings is 1. The molecule has 6 nitrogen and oxygen atoms in total.